The Morgan fingerprint density at radius 1 is 1.19 bits per heavy atom. The summed E-state index contributed by atoms with van der Waals surface area (Å²) in [5.41, 5.74) is 13.1. The molecular formula is C15H22N6. The quantitative estimate of drug-likeness (QED) is 0.777. The molecule has 5 N–H and O–H groups in total. The average molecular weight is 286 g/mol. The summed E-state index contributed by atoms with van der Waals surface area (Å²) in [5, 5.41) is 3.21. The number of nitrogens with two attached hydrogens (primary N) is 2. The van der Waals surface area contributed by atoms with Crippen molar-refractivity contribution in [3.63, 3.8) is 0 Å². The van der Waals surface area contributed by atoms with Crippen LogP contribution in [0.3, 0.4) is 0 Å². The molecule has 0 aromatic carbocycles. The maximum atomic E-state index is 5.96. The van der Waals surface area contributed by atoms with Crippen LogP contribution in [0.15, 0.2) is 30.3 Å². The summed E-state index contributed by atoms with van der Waals surface area (Å²) < 4.78 is 0. The lowest BCUT2D eigenvalue weighted by Gasteiger charge is -2.20. The fourth-order valence-corrected chi connectivity index (χ4v) is 1.89. The molecule has 112 valence electrons. The van der Waals surface area contributed by atoms with Gasteiger partial charge >= 0.3 is 0 Å². The van der Waals surface area contributed by atoms with Crippen LogP contribution in [0.4, 0.5) is 23.1 Å². The SMILES string of the molecule is Cc1cccc(N(C)c2ccc(N)c(N[C@@H](C)CN)n2)n1. The van der Waals surface area contributed by atoms with E-state index in [2.05, 4.69) is 15.3 Å². The predicted molar refractivity (Wildman–Crippen MR) is 87.8 cm³/mol. The zero-order valence-corrected chi connectivity index (χ0v) is 12.7. The summed E-state index contributed by atoms with van der Waals surface area (Å²) in [6.45, 7) is 4.46. The fraction of sp³-hybridized carbons (Fsp3) is 0.333. The van der Waals surface area contributed by atoms with Gasteiger partial charge in [-0.25, -0.2) is 9.97 Å². The van der Waals surface area contributed by atoms with Gasteiger partial charge in [-0.2, -0.15) is 0 Å². The van der Waals surface area contributed by atoms with Crippen LogP contribution in [-0.2, 0) is 0 Å². The smallest absolute Gasteiger partial charge is 0.151 e. The Morgan fingerprint density at radius 2 is 1.90 bits per heavy atom. The molecule has 1 atom stereocenters. The standard InChI is InChI=1S/C15H22N6/c1-10-5-4-6-13(18-10)21(3)14-8-7-12(17)15(20-14)19-11(2)9-16/h4-8,11H,9,16-17H2,1-3H3,(H,19,20)/t11-/m0/s1. The van der Waals surface area contributed by atoms with Crippen molar-refractivity contribution >= 4 is 23.1 Å². The second-order valence-corrected chi connectivity index (χ2v) is 5.08. The lowest BCUT2D eigenvalue weighted by atomic mass is 10.3. The third-order valence-electron chi connectivity index (χ3n) is 3.21. The van der Waals surface area contributed by atoms with E-state index in [9.17, 15) is 0 Å². The first-order valence-corrected chi connectivity index (χ1v) is 6.91. The van der Waals surface area contributed by atoms with Crippen LogP contribution in [0.25, 0.3) is 0 Å². The molecule has 0 saturated carbocycles. The fourth-order valence-electron chi connectivity index (χ4n) is 1.89. The largest absolute Gasteiger partial charge is 0.396 e. The first kappa shape index (κ1) is 15.1. The third-order valence-corrected chi connectivity index (χ3v) is 3.21. The van der Waals surface area contributed by atoms with Crippen LogP contribution in [-0.4, -0.2) is 29.6 Å². The number of hydrogen-bond donors (Lipinski definition) is 3. The van der Waals surface area contributed by atoms with Gasteiger partial charge in [0.25, 0.3) is 0 Å². The van der Waals surface area contributed by atoms with E-state index in [1.165, 1.54) is 0 Å². The number of nitrogens with zero attached hydrogens (tertiary/aromatic N) is 3. The van der Waals surface area contributed by atoms with E-state index in [1.807, 2.05) is 56.1 Å². The molecule has 0 spiro atoms. The zero-order valence-electron chi connectivity index (χ0n) is 12.7. The predicted octanol–water partition coefficient (Wildman–Crippen LogP) is 1.89. The minimum absolute atomic E-state index is 0.109. The first-order chi connectivity index (χ1) is 10.0. The number of pyridine rings is 2. The number of anilines is 4. The second kappa shape index (κ2) is 6.41. The van der Waals surface area contributed by atoms with Crippen LogP contribution in [0.2, 0.25) is 0 Å². The summed E-state index contributed by atoms with van der Waals surface area (Å²) in [6, 6.07) is 9.70. The Labute approximate surface area is 125 Å². The Kier molecular flexibility index (Phi) is 4.59. The number of aromatic nitrogens is 2. The molecule has 6 heteroatoms. The number of aryl methyl sites for hydroxylation is 1. The van der Waals surface area contributed by atoms with Gasteiger partial charge in [-0.1, -0.05) is 6.07 Å². The number of nitrogen functional groups attached to an aromatic ring is 1. The van der Waals surface area contributed by atoms with E-state index in [-0.39, 0.29) is 6.04 Å². The normalized spacial score (nSPS) is 12.0. The van der Waals surface area contributed by atoms with Crippen LogP contribution >= 0.6 is 0 Å². The average Bonchev–Trinajstić information content (AvgIpc) is 2.48. The van der Waals surface area contributed by atoms with Crippen molar-refractivity contribution in [1.82, 2.24) is 9.97 Å². The summed E-state index contributed by atoms with van der Waals surface area (Å²) in [6.07, 6.45) is 0. The molecule has 6 nitrogen and oxygen atoms in total. The highest BCUT2D eigenvalue weighted by Crippen LogP contribution is 2.25. The minimum atomic E-state index is 0.109. The highest BCUT2D eigenvalue weighted by atomic mass is 15.2. The van der Waals surface area contributed by atoms with Gasteiger partial charge in [-0.3, -0.25) is 0 Å². The van der Waals surface area contributed by atoms with Crippen molar-refractivity contribution in [2.75, 3.05) is 29.5 Å². The molecule has 0 aliphatic heterocycles. The maximum absolute atomic E-state index is 5.96. The van der Waals surface area contributed by atoms with Crippen LogP contribution < -0.4 is 21.7 Å². The van der Waals surface area contributed by atoms with Gasteiger partial charge in [0.1, 0.15) is 11.6 Å². The van der Waals surface area contributed by atoms with Gasteiger partial charge in [-0.15, -0.1) is 0 Å². The van der Waals surface area contributed by atoms with Crippen molar-refractivity contribution in [1.29, 1.82) is 0 Å². The lowest BCUT2D eigenvalue weighted by Crippen LogP contribution is -2.26. The van der Waals surface area contributed by atoms with Crippen molar-refractivity contribution < 1.29 is 0 Å². The lowest BCUT2D eigenvalue weighted by molar-refractivity contribution is 0.798. The Balaban J connectivity index is 2.29. The molecule has 2 aromatic rings. The van der Waals surface area contributed by atoms with Gasteiger partial charge in [0, 0.05) is 25.3 Å². The van der Waals surface area contributed by atoms with Gasteiger partial charge in [0.15, 0.2) is 5.82 Å². The van der Waals surface area contributed by atoms with Crippen molar-refractivity contribution in [3.05, 3.63) is 36.0 Å². The highest BCUT2D eigenvalue weighted by molar-refractivity contribution is 5.67. The van der Waals surface area contributed by atoms with Gasteiger partial charge in [0.05, 0.1) is 5.69 Å². The number of nitrogens with one attached hydrogen (secondary N) is 1. The van der Waals surface area contributed by atoms with Gasteiger partial charge in [0.2, 0.25) is 0 Å². The van der Waals surface area contributed by atoms with Crippen molar-refractivity contribution in [3.8, 4) is 0 Å². The summed E-state index contributed by atoms with van der Waals surface area (Å²) in [5.74, 6) is 2.25. The molecule has 0 radical (unpaired) electrons. The van der Waals surface area contributed by atoms with E-state index in [4.69, 9.17) is 11.5 Å². The van der Waals surface area contributed by atoms with Crippen LogP contribution in [0.5, 0.6) is 0 Å². The van der Waals surface area contributed by atoms with Crippen molar-refractivity contribution in [2.45, 2.75) is 19.9 Å². The molecule has 2 rings (SSSR count). The minimum Gasteiger partial charge on any atom is -0.396 e. The Hall–Kier alpha value is -2.34. The molecule has 0 saturated heterocycles. The second-order valence-electron chi connectivity index (χ2n) is 5.08. The molecular weight excluding hydrogens is 264 g/mol. The van der Waals surface area contributed by atoms with E-state index in [0.717, 1.165) is 17.3 Å². The topological polar surface area (TPSA) is 93.1 Å². The molecule has 0 fully saturated rings. The first-order valence-electron chi connectivity index (χ1n) is 6.91. The Bertz CT molecular complexity index is 613. The van der Waals surface area contributed by atoms with Crippen molar-refractivity contribution in [2.24, 2.45) is 5.73 Å². The summed E-state index contributed by atoms with van der Waals surface area (Å²) >= 11 is 0. The van der Waals surface area contributed by atoms with Crippen LogP contribution in [0.1, 0.15) is 12.6 Å². The molecule has 2 heterocycles. The van der Waals surface area contributed by atoms with E-state index in [1.54, 1.807) is 0 Å². The third kappa shape index (κ3) is 3.61. The molecule has 0 aliphatic carbocycles. The number of hydrogen-bond acceptors (Lipinski definition) is 6. The van der Waals surface area contributed by atoms with Crippen LogP contribution in [0, 0.1) is 6.92 Å². The molecule has 0 amide bonds. The maximum Gasteiger partial charge on any atom is 0.151 e. The van der Waals surface area contributed by atoms with Gasteiger partial charge in [-0.05, 0) is 38.1 Å². The van der Waals surface area contributed by atoms with E-state index < -0.39 is 0 Å². The van der Waals surface area contributed by atoms with E-state index in [0.29, 0.717) is 18.1 Å². The molecule has 0 unspecified atom stereocenters. The van der Waals surface area contributed by atoms with E-state index >= 15 is 0 Å². The monoisotopic (exact) mass is 286 g/mol. The van der Waals surface area contributed by atoms with Gasteiger partial charge < -0.3 is 21.7 Å². The summed E-state index contributed by atoms with van der Waals surface area (Å²) in [4.78, 5) is 11.0. The highest BCUT2D eigenvalue weighted by Gasteiger charge is 2.11. The molecule has 2 aromatic heterocycles. The molecule has 21 heavy (non-hydrogen) atoms. The summed E-state index contributed by atoms with van der Waals surface area (Å²) in [7, 11) is 1.93. The Morgan fingerprint density at radius 3 is 2.57 bits per heavy atom. The molecule has 0 bridgehead atoms. The molecule has 0 aliphatic rings. The number of rotatable bonds is 5. The zero-order chi connectivity index (χ0) is 15.4.